The Labute approximate surface area is 157 Å². The van der Waals surface area contributed by atoms with E-state index in [1.165, 1.54) is 6.07 Å². The molecule has 0 amide bonds. The maximum atomic E-state index is 14.6. The Morgan fingerprint density at radius 1 is 0.679 bits per heavy atom. The van der Waals surface area contributed by atoms with Crippen molar-refractivity contribution in [2.75, 3.05) is 0 Å². The van der Waals surface area contributed by atoms with Gasteiger partial charge in [-0.1, -0.05) is 42.0 Å². The number of allylic oxidation sites excluding steroid dienone is 1. The van der Waals surface area contributed by atoms with E-state index in [0.717, 1.165) is 29.8 Å². The lowest BCUT2D eigenvalue weighted by atomic mass is 9.97. The van der Waals surface area contributed by atoms with Crippen molar-refractivity contribution in [3.8, 4) is 22.3 Å². The van der Waals surface area contributed by atoms with Crippen molar-refractivity contribution < 1.29 is 26.3 Å². The van der Waals surface area contributed by atoms with Crippen LogP contribution in [0.1, 0.15) is 11.1 Å². The van der Waals surface area contributed by atoms with E-state index >= 15 is 0 Å². The van der Waals surface area contributed by atoms with E-state index < -0.39 is 29.2 Å². The van der Waals surface area contributed by atoms with Gasteiger partial charge in [-0.2, -0.15) is 13.2 Å². The highest BCUT2D eigenvalue weighted by atomic mass is 19.4. The lowest BCUT2D eigenvalue weighted by Gasteiger charge is -2.10. The maximum Gasteiger partial charge on any atom is 0.409 e. The largest absolute Gasteiger partial charge is 0.409 e. The predicted molar refractivity (Wildman–Crippen MR) is 97.0 cm³/mol. The summed E-state index contributed by atoms with van der Waals surface area (Å²) in [5.41, 5.74) is 1.06. The summed E-state index contributed by atoms with van der Waals surface area (Å²) in [6.07, 6.45) is -4.13. The number of aryl methyl sites for hydroxylation is 1. The van der Waals surface area contributed by atoms with Gasteiger partial charge in [0.1, 0.15) is 17.5 Å². The Bertz CT molecular complexity index is 1010. The summed E-state index contributed by atoms with van der Waals surface area (Å²) < 4.78 is 79.9. The molecule has 0 atom stereocenters. The minimum Gasteiger partial charge on any atom is -0.206 e. The first-order chi connectivity index (χ1) is 13.1. The summed E-state index contributed by atoms with van der Waals surface area (Å²) in [5.74, 6) is -2.80. The van der Waals surface area contributed by atoms with E-state index in [9.17, 15) is 26.3 Å². The number of halogens is 6. The van der Waals surface area contributed by atoms with E-state index in [1.54, 1.807) is 12.1 Å². The molecule has 0 fully saturated rings. The molecule has 0 nitrogen and oxygen atoms in total. The Morgan fingerprint density at radius 3 is 1.75 bits per heavy atom. The molecule has 0 unspecified atom stereocenters. The molecule has 3 rings (SSSR count). The number of hydrogen-bond donors (Lipinski definition) is 0. The first-order valence-electron chi connectivity index (χ1n) is 8.26. The van der Waals surface area contributed by atoms with E-state index in [0.29, 0.717) is 17.2 Å². The van der Waals surface area contributed by atoms with Gasteiger partial charge in [0.25, 0.3) is 0 Å². The average molecular weight is 392 g/mol. The summed E-state index contributed by atoms with van der Waals surface area (Å²) in [5, 5.41) is 0. The van der Waals surface area contributed by atoms with Crippen molar-refractivity contribution in [3.63, 3.8) is 0 Å². The van der Waals surface area contributed by atoms with Crippen molar-refractivity contribution >= 4 is 6.08 Å². The van der Waals surface area contributed by atoms with Gasteiger partial charge in [0.2, 0.25) is 0 Å². The zero-order valence-electron chi connectivity index (χ0n) is 14.6. The van der Waals surface area contributed by atoms with Gasteiger partial charge in [-0.05, 0) is 47.9 Å². The fourth-order valence-corrected chi connectivity index (χ4v) is 2.76. The monoisotopic (exact) mass is 392 g/mol. The Hall–Kier alpha value is -3.02. The molecular formula is C22H14F6. The third-order valence-corrected chi connectivity index (χ3v) is 4.17. The van der Waals surface area contributed by atoms with Gasteiger partial charge >= 0.3 is 6.18 Å². The predicted octanol–water partition coefficient (Wildman–Crippen LogP) is 7.32. The quantitative estimate of drug-likeness (QED) is 0.410. The second-order valence-corrected chi connectivity index (χ2v) is 6.29. The first kappa shape index (κ1) is 19.7. The van der Waals surface area contributed by atoms with Crippen LogP contribution in [0, 0.1) is 24.4 Å². The second kappa shape index (κ2) is 7.54. The molecular weight excluding hydrogens is 378 g/mol. The lowest BCUT2D eigenvalue weighted by molar-refractivity contribution is -0.0790. The molecule has 0 radical (unpaired) electrons. The lowest BCUT2D eigenvalue weighted by Crippen LogP contribution is -2.00. The third-order valence-electron chi connectivity index (χ3n) is 4.17. The van der Waals surface area contributed by atoms with Crippen molar-refractivity contribution in [1.82, 2.24) is 0 Å². The van der Waals surface area contributed by atoms with E-state index in [4.69, 9.17) is 0 Å². The Balaban J connectivity index is 1.99. The molecule has 0 aromatic heterocycles. The number of hydrogen-bond acceptors (Lipinski definition) is 0. The summed E-state index contributed by atoms with van der Waals surface area (Å²) >= 11 is 0. The standard InChI is InChI=1S/C22H14F6/c1-13-2-4-14(5-3-13)17-11-19(24)21(20(25)12-17)16-7-6-15(18(23)10-16)8-9-22(26,27)28/h2-12H,1H3/b9-8+. The highest BCUT2D eigenvalue weighted by molar-refractivity contribution is 5.72. The van der Waals surface area contributed by atoms with Gasteiger partial charge in [-0.15, -0.1) is 0 Å². The molecule has 3 aromatic rings. The zero-order chi connectivity index (χ0) is 20.5. The SMILES string of the molecule is Cc1ccc(-c2cc(F)c(-c3ccc(/C=C/C(F)(F)F)c(F)c3)c(F)c2)cc1. The van der Waals surface area contributed by atoms with Crippen molar-refractivity contribution in [2.24, 2.45) is 0 Å². The van der Waals surface area contributed by atoms with Crippen LogP contribution in [0.2, 0.25) is 0 Å². The summed E-state index contributed by atoms with van der Waals surface area (Å²) in [7, 11) is 0. The van der Waals surface area contributed by atoms with Gasteiger partial charge in [-0.25, -0.2) is 13.2 Å². The van der Waals surface area contributed by atoms with Crippen LogP contribution in [0.15, 0.2) is 60.7 Å². The Kier molecular flexibility index (Phi) is 5.31. The van der Waals surface area contributed by atoms with Crippen LogP contribution < -0.4 is 0 Å². The topological polar surface area (TPSA) is 0 Å². The molecule has 0 spiro atoms. The molecule has 144 valence electrons. The molecule has 28 heavy (non-hydrogen) atoms. The van der Waals surface area contributed by atoms with Gasteiger partial charge < -0.3 is 0 Å². The fourth-order valence-electron chi connectivity index (χ4n) is 2.76. The van der Waals surface area contributed by atoms with Gasteiger partial charge in [0.15, 0.2) is 0 Å². The van der Waals surface area contributed by atoms with Crippen molar-refractivity contribution in [2.45, 2.75) is 13.1 Å². The summed E-state index contributed by atoms with van der Waals surface area (Å²) in [4.78, 5) is 0. The van der Waals surface area contributed by atoms with Crippen LogP contribution in [-0.2, 0) is 0 Å². The maximum absolute atomic E-state index is 14.6. The van der Waals surface area contributed by atoms with Crippen LogP contribution >= 0.6 is 0 Å². The number of rotatable bonds is 3. The highest BCUT2D eigenvalue weighted by Crippen LogP contribution is 2.32. The van der Waals surface area contributed by atoms with Gasteiger partial charge in [-0.3, -0.25) is 0 Å². The van der Waals surface area contributed by atoms with Crippen LogP contribution in [0.5, 0.6) is 0 Å². The third kappa shape index (κ3) is 4.44. The molecule has 0 saturated heterocycles. The molecule has 0 saturated carbocycles. The van der Waals surface area contributed by atoms with Crippen molar-refractivity contribution in [3.05, 3.63) is 89.3 Å². The molecule has 3 aromatic carbocycles. The summed E-state index contributed by atoms with van der Waals surface area (Å²) in [6, 6.07) is 12.4. The molecule has 0 heterocycles. The Morgan fingerprint density at radius 2 is 1.21 bits per heavy atom. The average Bonchev–Trinajstić information content (AvgIpc) is 2.60. The first-order valence-corrected chi connectivity index (χ1v) is 8.26. The van der Waals surface area contributed by atoms with E-state index in [-0.39, 0.29) is 17.2 Å². The zero-order valence-corrected chi connectivity index (χ0v) is 14.6. The van der Waals surface area contributed by atoms with E-state index in [2.05, 4.69) is 0 Å². The fraction of sp³-hybridized carbons (Fsp3) is 0.0909. The van der Waals surface area contributed by atoms with Crippen LogP contribution in [0.25, 0.3) is 28.3 Å². The van der Waals surface area contributed by atoms with Gasteiger partial charge in [0.05, 0.1) is 5.56 Å². The normalized spacial score (nSPS) is 12.0. The van der Waals surface area contributed by atoms with Crippen LogP contribution in [0.3, 0.4) is 0 Å². The molecule has 0 bridgehead atoms. The highest BCUT2D eigenvalue weighted by Gasteiger charge is 2.22. The minimum atomic E-state index is -4.59. The number of benzene rings is 3. The molecule has 0 N–H and O–H groups in total. The molecule has 6 heteroatoms. The van der Waals surface area contributed by atoms with E-state index in [1.807, 2.05) is 19.1 Å². The smallest absolute Gasteiger partial charge is 0.206 e. The van der Waals surface area contributed by atoms with Crippen LogP contribution in [0.4, 0.5) is 26.3 Å². The molecule has 0 aliphatic carbocycles. The van der Waals surface area contributed by atoms with Crippen molar-refractivity contribution in [1.29, 1.82) is 0 Å². The number of alkyl halides is 3. The van der Waals surface area contributed by atoms with Gasteiger partial charge in [0, 0.05) is 11.6 Å². The molecule has 0 aliphatic rings. The summed E-state index contributed by atoms with van der Waals surface area (Å²) in [6.45, 7) is 1.89. The minimum absolute atomic E-state index is 0.105. The second-order valence-electron chi connectivity index (χ2n) is 6.29. The van der Waals surface area contributed by atoms with Crippen LogP contribution in [-0.4, -0.2) is 6.18 Å². The molecule has 0 aliphatic heterocycles.